The summed E-state index contributed by atoms with van der Waals surface area (Å²) in [6, 6.07) is 9.06. The van der Waals surface area contributed by atoms with Gasteiger partial charge in [-0.05, 0) is 13.3 Å². The molecule has 0 unspecified atom stereocenters. The van der Waals surface area contributed by atoms with Gasteiger partial charge in [0.05, 0.1) is 0 Å². The van der Waals surface area contributed by atoms with E-state index in [1.165, 1.54) is 11.3 Å². The Morgan fingerprint density at radius 3 is 2.77 bits per heavy atom. The average molecular weight is 317 g/mol. The molecule has 0 saturated carbocycles. The molecule has 2 rings (SSSR count). The second-order valence-electron chi connectivity index (χ2n) is 4.84. The first kappa shape index (κ1) is 21.4. The van der Waals surface area contributed by atoms with Crippen LogP contribution in [0.3, 0.4) is 0 Å². The molecule has 0 fully saturated rings. The fraction of sp³-hybridized carbons (Fsp3) is 0.200. The Hall–Kier alpha value is -0.644. The number of allylic oxidation sites excluding steroid dienone is 7. The molecule has 0 atom stereocenters. The third kappa shape index (κ3) is 7.57. The fourth-order valence-electron chi connectivity index (χ4n) is 1.81. The van der Waals surface area contributed by atoms with E-state index in [-0.39, 0.29) is 51.4 Å². The van der Waals surface area contributed by atoms with E-state index in [0.717, 1.165) is 29.7 Å². The molecule has 1 heterocycles. The number of aryl methyl sites for hydroxylation is 1. The fourth-order valence-corrected chi connectivity index (χ4v) is 1.81. The summed E-state index contributed by atoms with van der Waals surface area (Å²) in [6.07, 6.45) is 10.8. The van der Waals surface area contributed by atoms with E-state index < -0.39 is 0 Å². The molecule has 22 heavy (non-hydrogen) atoms. The molecule has 2 heteroatoms. The number of hydrogen-bond donors (Lipinski definition) is 1. The van der Waals surface area contributed by atoms with E-state index in [1.807, 2.05) is 50.3 Å². The summed E-state index contributed by atoms with van der Waals surface area (Å²) in [4.78, 5) is 0. The summed E-state index contributed by atoms with van der Waals surface area (Å²) >= 11 is 0. The maximum atomic E-state index is 3.89. The van der Waals surface area contributed by atoms with Crippen LogP contribution < -0.4 is 56.7 Å². The average Bonchev–Trinajstić information content (AvgIpc) is 2.52. The first-order valence-corrected chi connectivity index (χ1v) is 7.04. The number of anilines is 1. The molecule has 0 saturated heterocycles. The van der Waals surface area contributed by atoms with Gasteiger partial charge < -0.3 is 5.32 Å². The van der Waals surface area contributed by atoms with Crippen molar-refractivity contribution < 1.29 is 51.4 Å². The van der Waals surface area contributed by atoms with Gasteiger partial charge in [-0.15, -0.1) is 17.7 Å². The quantitative estimate of drug-likeness (QED) is 0.513. The van der Waals surface area contributed by atoms with Gasteiger partial charge >= 0.3 is 51.4 Å². The SMILES string of the molecule is C=C1CCc2c[c-]ccc2N1.C=[C-]C(=C)/C(C)=C\C=C/C.[K+]. The van der Waals surface area contributed by atoms with Gasteiger partial charge in [-0.2, -0.15) is 48.6 Å². The Morgan fingerprint density at radius 2 is 2.14 bits per heavy atom. The number of nitrogens with one attached hydrogen (secondary N) is 1. The van der Waals surface area contributed by atoms with Crippen molar-refractivity contribution in [1.29, 1.82) is 0 Å². The monoisotopic (exact) mass is 316 g/mol. The molecule has 0 amide bonds. The first-order valence-electron chi connectivity index (χ1n) is 7.04. The zero-order valence-corrected chi connectivity index (χ0v) is 17.1. The van der Waals surface area contributed by atoms with E-state index in [2.05, 4.69) is 37.2 Å². The van der Waals surface area contributed by atoms with Gasteiger partial charge in [0.2, 0.25) is 0 Å². The Morgan fingerprint density at radius 1 is 1.41 bits per heavy atom. The van der Waals surface area contributed by atoms with Crippen LogP contribution in [0.5, 0.6) is 0 Å². The molecule has 0 radical (unpaired) electrons. The minimum atomic E-state index is 0. The summed E-state index contributed by atoms with van der Waals surface area (Å²) in [6.45, 7) is 15.1. The molecule has 0 spiro atoms. The zero-order chi connectivity index (χ0) is 15.7. The third-order valence-electron chi connectivity index (χ3n) is 3.19. The second kappa shape index (κ2) is 11.9. The smallest absolute Gasteiger partial charge is 0.382 e. The molecule has 0 bridgehead atoms. The minimum absolute atomic E-state index is 0. The van der Waals surface area contributed by atoms with Crippen molar-refractivity contribution >= 4 is 5.69 Å². The van der Waals surface area contributed by atoms with E-state index in [4.69, 9.17) is 0 Å². The maximum Gasteiger partial charge on any atom is 1.00 e. The van der Waals surface area contributed by atoms with Crippen molar-refractivity contribution in [2.45, 2.75) is 26.7 Å². The number of benzene rings is 1. The van der Waals surface area contributed by atoms with E-state index in [0.29, 0.717) is 0 Å². The van der Waals surface area contributed by atoms with Gasteiger partial charge in [0.25, 0.3) is 0 Å². The van der Waals surface area contributed by atoms with Crippen molar-refractivity contribution in [3.05, 3.63) is 90.7 Å². The van der Waals surface area contributed by atoms with Crippen LogP contribution in [0, 0.1) is 12.1 Å². The Kier molecular flexibility index (Phi) is 11.5. The molecule has 110 valence electrons. The molecule has 0 aliphatic carbocycles. The Balaban J connectivity index is 0.000000387. The van der Waals surface area contributed by atoms with Crippen LogP contribution in [0.2, 0.25) is 0 Å². The van der Waals surface area contributed by atoms with Crippen LogP contribution in [0.25, 0.3) is 0 Å². The van der Waals surface area contributed by atoms with Gasteiger partial charge in [0.1, 0.15) is 0 Å². The normalized spacial score (nSPS) is 13.2. The molecule has 1 aromatic rings. The summed E-state index contributed by atoms with van der Waals surface area (Å²) in [5.74, 6) is 0. The maximum absolute atomic E-state index is 3.89. The zero-order valence-electron chi connectivity index (χ0n) is 14.0. The molecular formula is C20H23KN-. The Bertz CT molecular complexity index is 579. The number of fused-ring (bicyclic) bond motifs is 1. The third-order valence-corrected chi connectivity index (χ3v) is 3.19. The first-order chi connectivity index (χ1) is 10.1. The van der Waals surface area contributed by atoms with Crippen molar-refractivity contribution in [3.63, 3.8) is 0 Å². The minimum Gasteiger partial charge on any atom is -0.382 e. The van der Waals surface area contributed by atoms with Crippen LogP contribution in [0.4, 0.5) is 5.69 Å². The molecule has 1 nitrogen and oxygen atoms in total. The van der Waals surface area contributed by atoms with Crippen molar-refractivity contribution in [2.75, 3.05) is 5.32 Å². The molecule has 1 aliphatic rings. The van der Waals surface area contributed by atoms with Crippen LogP contribution in [0.1, 0.15) is 25.8 Å². The summed E-state index contributed by atoms with van der Waals surface area (Å²) in [7, 11) is 0. The van der Waals surface area contributed by atoms with Crippen molar-refractivity contribution in [1.82, 2.24) is 0 Å². The predicted octanol–water partition coefficient (Wildman–Crippen LogP) is 2.42. The Labute approximate surface area is 178 Å². The van der Waals surface area contributed by atoms with E-state index in [9.17, 15) is 0 Å². The van der Waals surface area contributed by atoms with Crippen LogP contribution in [-0.4, -0.2) is 0 Å². The molecule has 1 aromatic carbocycles. The van der Waals surface area contributed by atoms with Gasteiger partial charge in [0.15, 0.2) is 0 Å². The molecular weight excluding hydrogens is 293 g/mol. The summed E-state index contributed by atoms with van der Waals surface area (Å²) in [5, 5.41) is 3.25. The van der Waals surface area contributed by atoms with Crippen LogP contribution in [0.15, 0.2) is 73.0 Å². The van der Waals surface area contributed by atoms with Crippen molar-refractivity contribution in [2.24, 2.45) is 0 Å². The van der Waals surface area contributed by atoms with Gasteiger partial charge in [0, 0.05) is 5.70 Å². The number of hydrogen-bond acceptors (Lipinski definition) is 1. The summed E-state index contributed by atoms with van der Waals surface area (Å²) < 4.78 is 0. The van der Waals surface area contributed by atoms with Crippen molar-refractivity contribution in [3.8, 4) is 0 Å². The standard InChI is InChI=1S/C10H10N.C10H13.K/c1-8-6-7-9-4-2-3-5-10(9)11-8;1-5-7-8-10(4)9(3)6-2;/h3-5,11H,1,6-7H2;5,7-8H,2-3H2,1,4H3;/q2*-1;+1/b;7-5-,10-8-;. The van der Waals surface area contributed by atoms with Gasteiger partial charge in [-0.1, -0.05) is 37.8 Å². The number of rotatable bonds is 3. The summed E-state index contributed by atoms with van der Waals surface area (Å²) in [5.41, 5.74) is 5.62. The van der Waals surface area contributed by atoms with Crippen LogP contribution >= 0.6 is 0 Å². The van der Waals surface area contributed by atoms with Crippen LogP contribution in [-0.2, 0) is 6.42 Å². The van der Waals surface area contributed by atoms with E-state index >= 15 is 0 Å². The van der Waals surface area contributed by atoms with Gasteiger partial charge in [-0.3, -0.25) is 0 Å². The van der Waals surface area contributed by atoms with E-state index in [1.54, 1.807) is 0 Å². The second-order valence-corrected chi connectivity index (χ2v) is 4.84. The topological polar surface area (TPSA) is 12.0 Å². The van der Waals surface area contributed by atoms with Gasteiger partial charge in [-0.25, -0.2) is 0 Å². The molecule has 1 aliphatic heterocycles. The predicted molar refractivity (Wildman–Crippen MR) is 92.9 cm³/mol. The molecule has 1 N–H and O–H groups in total. The molecule has 0 aromatic heterocycles. The largest absolute Gasteiger partial charge is 1.00 e.